The Morgan fingerprint density at radius 3 is 3.00 bits per heavy atom. The Morgan fingerprint density at radius 2 is 2.32 bits per heavy atom. The molecule has 1 heterocycles. The Balaban J connectivity index is 1.78. The molecule has 0 bridgehead atoms. The molecule has 1 N–H and O–H groups in total. The molecule has 19 heavy (non-hydrogen) atoms. The van der Waals surface area contributed by atoms with E-state index in [1.165, 1.54) is 18.4 Å². The molecular formula is C16H26N2O. The summed E-state index contributed by atoms with van der Waals surface area (Å²) in [5.41, 5.74) is 1.27. The number of furan rings is 1. The van der Waals surface area contributed by atoms with Crippen molar-refractivity contribution < 1.29 is 4.42 Å². The lowest BCUT2D eigenvalue weighted by molar-refractivity contribution is 0.287. The molecule has 0 aromatic carbocycles. The quantitative estimate of drug-likeness (QED) is 0.547. The van der Waals surface area contributed by atoms with Crippen LogP contribution in [0.2, 0.25) is 0 Å². The van der Waals surface area contributed by atoms with Crippen LogP contribution >= 0.6 is 0 Å². The van der Waals surface area contributed by atoms with Crippen molar-refractivity contribution in [2.45, 2.75) is 51.7 Å². The maximum Gasteiger partial charge on any atom is 0.120 e. The molecule has 0 aliphatic heterocycles. The number of hydrogen-bond acceptors (Lipinski definition) is 3. The number of hydrogen-bond donors (Lipinski definition) is 1. The highest BCUT2D eigenvalue weighted by Crippen LogP contribution is 2.21. The average Bonchev–Trinajstić information content (AvgIpc) is 3.12. The van der Waals surface area contributed by atoms with Crippen molar-refractivity contribution in [2.24, 2.45) is 0 Å². The van der Waals surface area contributed by atoms with Crippen molar-refractivity contribution in [3.05, 3.63) is 35.8 Å². The summed E-state index contributed by atoms with van der Waals surface area (Å²) in [5, 5.41) is 3.50. The zero-order chi connectivity index (χ0) is 13.7. The summed E-state index contributed by atoms with van der Waals surface area (Å²) in [5.74, 6) is 2.17. The molecule has 1 aromatic rings. The van der Waals surface area contributed by atoms with E-state index in [9.17, 15) is 0 Å². The minimum absolute atomic E-state index is 0.731. The van der Waals surface area contributed by atoms with Crippen molar-refractivity contribution >= 4 is 0 Å². The fraction of sp³-hybridized carbons (Fsp3) is 0.625. The third-order valence-corrected chi connectivity index (χ3v) is 3.57. The maximum atomic E-state index is 5.95. The molecule has 3 heteroatoms. The Kier molecular flexibility index (Phi) is 5.23. The van der Waals surface area contributed by atoms with Gasteiger partial charge in [0.2, 0.25) is 0 Å². The van der Waals surface area contributed by atoms with Gasteiger partial charge in [0.05, 0.1) is 13.1 Å². The van der Waals surface area contributed by atoms with Crippen molar-refractivity contribution in [2.75, 3.05) is 13.6 Å². The highest BCUT2D eigenvalue weighted by molar-refractivity contribution is 5.20. The summed E-state index contributed by atoms with van der Waals surface area (Å²) in [6.07, 6.45) is 6.86. The van der Waals surface area contributed by atoms with E-state index in [4.69, 9.17) is 4.42 Å². The molecule has 1 aliphatic carbocycles. The average molecular weight is 262 g/mol. The Labute approximate surface area is 116 Å². The van der Waals surface area contributed by atoms with Gasteiger partial charge in [-0.25, -0.2) is 0 Å². The van der Waals surface area contributed by atoms with Crippen LogP contribution in [0.1, 0.15) is 42.8 Å². The van der Waals surface area contributed by atoms with Gasteiger partial charge in [0.1, 0.15) is 11.5 Å². The largest absolute Gasteiger partial charge is 0.463 e. The molecule has 3 nitrogen and oxygen atoms in total. The number of aryl methyl sites for hydroxylation is 1. The van der Waals surface area contributed by atoms with E-state index in [0.717, 1.165) is 50.0 Å². The fourth-order valence-corrected chi connectivity index (χ4v) is 2.22. The summed E-state index contributed by atoms with van der Waals surface area (Å²) >= 11 is 0. The van der Waals surface area contributed by atoms with Gasteiger partial charge in [-0.1, -0.05) is 6.08 Å². The van der Waals surface area contributed by atoms with E-state index in [-0.39, 0.29) is 0 Å². The second kappa shape index (κ2) is 6.92. The van der Waals surface area contributed by atoms with Crippen molar-refractivity contribution in [1.82, 2.24) is 10.2 Å². The van der Waals surface area contributed by atoms with Gasteiger partial charge >= 0.3 is 0 Å². The van der Waals surface area contributed by atoms with Gasteiger partial charge in [-0.3, -0.25) is 4.90 Å². The highest BCUT2D eigenvalue weighted by atomic mass is 16.3. The van der Waals surface area contributed by atoms with Crippen molar-refractivity contribution in [3.8, 4) is 0 Å². The number of unbranched alkanes of at least 4 members (excludes halogenated alkanes) is 1. The van der Waals surface area contributed by atoms with Gasteiger partial charge < -0.3 is 9.73 Å². The smallest absolute Gasteiger partial charge is 0.120 e. The summed E-state index contributed by atoms with van der Waals surface area (Å²) in [4.78, 5) is 2.31. The standard InChI is InChI=1S/C16H26N2O/c1-4-5-6-9-18(3)12-15-10-13(2)16(19-15)11-17-14-7-8-14/h4,10,14,17H,1,5-9,11-12H2,2-3H3. The zero-order valence-electron chi connectivity index (χ0n) is 12.2. The molecule has 1 aromatic heterocycles. The van der Waals surface area contributed by atoms with Gasteiger partial charge in [-0.15, -0.1) is 6.58 Å². The van der Waals surface area contributed by atoms with E-state index >= 15 is 0 Å². The molecule has 0 atom stereocenters. The molecule has 0 spiro atoms. The van der Waals surface area contributed by atoms with E-state index in [1.807, 2.05) is 6.08 Å². The molecule has 1 saturated carbocycles. The van der Waals surface area contributed by atoms with Crippen LogP contribution in [0.25, 0.3) is 0 Å². The maximum absolute atomic E-state index is 5.95. The first-order chi connectivity index (χ1) is 9.19. The Morgan fingerprint density at radius 1 is 1.53 bits per heavy atom. The first-order valence-electron chi connectivity index (χ1n) is 7.30. The van der Waals surface area contributed by atoms with Crippen LogP contribution in [-0.4, -0.2) is 24.5 Å². The molecule has 0 radical (unpaired) electrons. The van der Waals surface area contributed by atoms with E-state index in [0.29, 0.717) is 0 Å². The summed E-state index contributed by atoms with van der Waals surface area (Å²) < 4.78 is 5.95. The van der Waals surface area contributed by atoms with Gasteiger partial charge in [0.15, 0.2) is 0 Å². The van der Waals surface area contributed by atoms with Crippen LogP contribution in [0.5, 0.6) is 0 Å². The van der Waals surface area contributed by atoms with Crippen LogP contribution in [0.15, 0.2) is 23.1 Å². The number of allylic oxidation sites excluding steroid dienone is 1. The molecule has 2 rings (SSSR count). The fourth-order valence-electron chi connectivity index (χ4n) is 2.22. The predicted octanol–water partition coefficient (Wildman–Crippen LogP) is 3.24. The minimum atomic E-state index is 0.731. The zero-order valence-corrected chi connectivity index (χ0v) is 12.2. The Hall–Kier alpha value is -1.06. The SMILES string of the molecule is C=CCCCN(C)Cc1cc(C)c(CNC2CC2)o1. The summed E-state index contributed by atoms with van der Waals surface area (Å²) in [7, 11) is 2.14. The molecule has 1 fully saturated rings. The van der Waals surface area contributed by atoms with E-state index in [1.54, 1.807) is 0 Å². The van der Waals surface area contributed by atoms with E-state index < -0.39 is 0 Å². The van der Waals surface area contributed by atoms with Gasteiger partial charge in [-0.05, 0) is 57.8 Å². The minimum Gasteiger partial charge on any atom is -0.463 e. The second-order valence-electron chi connectivity index (χ2n) is 5.64. The first-order valence-corrected chi connectivity index (χ1v) is 7.30. The third-order valence-electron chi connectivity index (χ3n) is 3.57. The Bertz CT molecular complexity index is 407. The lowest BCUT2D eigenvalue weighted by atomic mass is 10.2. The van der Waals surface area contributed by atoms with Crippen LogP contribution < -0.4 is 5.32 Å². The van der Waals surface area contributed by atoms with Crippen LogP contribution in [0.4, 0.5) is 0 Å². The second-order valence-corrected chi connectivity index (χ2v) is 5.64. The third kappa shape index (κ3) is 4.84. The molecule has 1 aliphatic rings. The van der Waals surface area contributed by atoms with E-state index in [2.05, 4.69) is 36.8 Å². The van der Waals surface area contributed by atoms with Crippen molar-refractivity contribution in [3.63, 3.8) is 0 Å². The van der Waals surface area contributed by atoms with Crippen LogP contribution in [0, 0.1) is 6.92 Å². The first kappa shape index (κ1) is 14.4. The van der Waals surface area contributed by atoms with Gasteiger partial charge in [-0.2, -0.15) is 0 Å². The van der Waals surface area contributed by atoms with Gasteiger partial charge in [0.25, 0.3) is 0 Å². The van der Waals surface area contributed by atoms with Crippen LogP contribution in [0.3, 0.4) is 0 Å². The van der Waals surface area contributed by atoms with Gasteiger partial charge in [0, 0.05) is 6.04 Å². The molecular weight excluding hydrogens is 236 g/mol. The predicted molar refractivity (Wildman–Crippen MR) is 79.1 cm³/mol. The summed E-state index contributed by atoms with van der Waals surface area (Å²) in [6.45, 7) is 8.73. The molecule has 0 amide bonds. The monoisotopic (exact) mass is 262 g/mol. The molecule has 0 unspecified atom stereocenters. The summed E-state index contributed by atoms with van der Waals surface area (Å²) in [6, 6.07) is 2.91. The number of nitrogens with zero attached hydrogens (tertiary/aromatic N) is 1. The lowest BCUT2D eigenvalue weighted by Gasteiger charge is -2.14. The number of rotatable bonds is 9. The van der Waals surface area contributed by atoms with Crippen LogP contribution in [-0.2, 0) is 13.1 Å². The van der Waals surface area contributed by atoms with Crippen molar-refractivity contribution in [1.29, 1.82) is 0 Å². The molecule has 0 saturated heterocycles. The highest BCUT2D eigenvalue weighted by Gasteiger charge is 2.21. The lowest BCUT2D eigenvalue weighted by Crippen LogP contribution is -2.18. The topological polar surface area (TPSA) is 28.4 Å². The molecule has 106 valence electrons. The number of nitrogens with one attached hydrogen (secondary N) is 1. The normalized spacial score (nSPS) is 15.1.